The highest BCUT2D eigenvalue weighted by Crippen LogP contribution is 2.14. The van der Waals surface area contributed by atoms with Crippen molar-refractivity contribution in [2.45, 2.75) is 161 Å². The van der Waals surface area contributed by atoms with E-state index in [0.717, 1.165) is 96.3 Å². The predicted molar refractivity (Wildman–Crippen MR) is 204 cm³/mol. The summed E-state index contributed by atoms with van der Waals surface area (Å²) in [7, 11) is 0. The molecule has 9 heteroatoms. The number of allylic oxidation sites excluding steroid dienone is 9. The number of aliphatic carboxylic acids is 1. The molecule has 50 heavy (non-hydrogen) atoms. The first-order valence-electron chi connectivity index (χ1n) is 19.2. The highest BCUT2D eigenvalue weighted by atomic mass is 16.5. The smallest absolute Gasteiger partial charge is 0.328 e. The number of carboxylic acids is 1. The first kappa shape index (κ1) is 46.5. The number of esters is 1. The number of hydrogen-bond acceptors (Lipinski definition) is 6. The molecule has 4 N–H and O–H groups in total. The summed E-state index contributed by atoms with van der Waals surface area (Å²) in [6.07, 6.45) is 41.2. The van der Waals surface area contributed by atoms with Crippen LogP contribution in [-0.2, 0) is 23.9 Å². The number of carboxylic acid groups (broad SMARTS) is 1. The Morgan fingerprint density at radius 1 is 0.640 bits per heavy atom. The molecule has 0 spiro atoms. The topological polar surface area (TPSA) is 142 Å². The van der Waals surface area contributed by atoms with Crippen LogP contribution in [0, 0.1) is 0 Å². The van der Waals surface area contributed by atoms with Gasteiger partial charge in [0.1, 0.15) is 12.1 Å². The van der Waals surface area contributed by atoms with E-state index in [1.807, 2.05) is 6.08 Å². The molecule has 0 aromatic heterocycles. The van der Waals surface area contributed by atoms with Gasteiger partial charge in [-0.2, -0.15) is 0 Å². The van der Waals surface area contributed by atoms with Crippen molar-refractivity contribution in [2.75, 3.05) is 13.2 Å². The van der Waals surface area contributed by atoms with Crippen molar-refractivity contribution in [1.82, 2.24) is 10.6 Å². The van der Waals surface area contributed by atoms with Crippen LogP contribution in [0.1, 0.15) is 149 Å². The van der Waals surface area contributed by atoms with Crippen molar-refractivity contribution in [3.63, 3.8) is 0 Å². The Labute approximate surface area is 302 Å². The number of hydrogen-bond donors (Lipinski definition) is 4. The maximum Gasteiger partial charge on any atom is 0.328 e. The first-order chi connectivity index (χ1) is 24.3. The molecule has 2 unspecified atom stereocenters. The lowest BCUT2D eigenvalue weighted by molar-refractivity contribution is -0.147. The average Bonchev–Trinajstić information content (AvgIpc) is 3.10. The SMILES string of the molecule is CC/C=C\C/C=C\C/C=C\CCCCCC(=O)OC(/C=C\C/C=C\CCCCC)CCCCCCCCC(=O)NCC(=O)NC(CO)C(=O)O. The molecule has 2 amide bonds. The van der Waals surface area contributed by atoms with Crippen LogP contribution in [0.4, 0.5) is 0 Å². The van der Waals surface area contributed by atoms with Crippen molar-refractivity contribution < 1.29 is 34.1 Å². The lowest BCUT2D eigenvalue weighted by Crippen LogP contribution is -2.47. The average molecular weight is 701 g/mol. The molecule has 0 saturated heterocycles. The van der Waals surface area contributed by atoms with Gasteiger partial charge in [0.15, 0.2) is 0 Å². The number of carbonyl (C=O) groups is 4. The molecule has 0 saturated carbocycles. The fourth-order valence-corrected chi connectivity index (χ4v) is 5.03. The number of carbonyl (C=O) groups excluding carboxylic acids is 3. The van der Waals surface area contributed by atoms with Crippen LogP contribution in [-0.4, -0.2) is 59.3 Å². The van der Waals surface area contributed by atoms with Crippen LogP contribution in [0.25, 0.3) is 0 Å². The molecular weight excluding hydrogens is 632 g/mol. The van der Waals surface area contributed by atoms with E-state index < -0.39 is 24.5 Å². The minimum absolute atomic E-state index is 0.126. The number of amides is 2. The predicted octanol–water partition coefficient (Wildman–Crippen LogP) is 8.59. The molecular formula is C41H68N2O7. The van der Waals surface area contributed by atoms with Crippen LogP contribution in [0.5, 0.6) is 0 Å². The maximum atomic E-state index is 12.6. The molecule has 2 atom stereocenters. The number of rotatable bonds is 33. The normalized spacial score (nSPS) is 13.2. The zero-order valence-corrected chi connectivity index (χ0v) is 31.1. The van der Waals surface area contributed by atoms with Gasteiger partial charge in [-0.1, -0.05) is 113 Å². The monoisotopic (exact) mass is 701 g/mol. The Balaban J connectivity index is 4.35. The van der Waals surface area contributed by atoms with Gasteiger partial charge in [0.05, 0.1) is 13.2 Å². The standard InChI is InChI=1S/C41H68N2O7/c1-3-5-7-9-11-13-14-15-16-17-19-25-29-33-40(47)50-36(30-26-22-18-12-10-8-6-4-2)31-27-23-20-21-24-28-32-38(45)42-34-39(46)43-37(35-44)41(48)49/h5,7,11-13,15-16,18,26,30,36-37,44H,3-4,6,8-10,14,17,19-25,27-29,31-35H2,1-2H3,(H,42,45)(H,43,46)(H,48,49)/b7-5-,13-11-,16-15-,18-12-,30-26-. The maximum absolute atomic E-state index is 12.6. The molecule has 0 aliphatic rings. The largest absolute Gasteiger partial charge is 0.480 e. The van der Waals surface area contributed by atoms with Gasteiger partial charge in [0, 0.05) is 12.8 Å². The first-order valence-corrected chi connectivity index (χ1v) is 19.2. The minimum Gasteiger partial charge on any atom is -0.480 e. The molecule has 0 aromatic carbocycles. The second-order valence-corrected chi connectivity index (χ2v) is 12.6. The zero-order valence-electron chi connectivity index (χ0n) is 31.1. The van der Waals surface area contributed by atoms with Gasteiger partial charge >= 0.3 is 11.9 Å². The molecule has 0 fully saturated rings. The molecule has 0 heterocycles. The lowest BCUT2D eigenvalue weighted by atomic mass is 10.1. The third kappa shape index (κ3) is 31.8. The number of unbranched alkanes of at least 4 members (excludes halogenated alkanes) is 11. The number of aliphatic hydroxyl groups is 1. The van der Waals surface area contributed by atoms with Crippen LogP contribution >= 0.6 is 0 Å². The van der Waals surface area contributed by atoms with E-state index in [4.69, 9.17) is 14.9 Å². The fourth-order valence-electron chi connectivity index (χ4n) is 5.03. The van der Waals surface area contributed by atoms with E-state index in [-0.39, 0.29) is 30.9 Å². The summed E-state index contributed by atoms with van der Waals surface area (Å²) in [6, 6.07) is -1.39. The lowest BCUT2D eigenvalue weighted by Gasteiger charge is -2.14. The molecule has 0 aliphatic carbocycles. The summed E-state index contributed by atoms with van der Waals surface area (Å²) in [5.41, 5.74) is 0. The summed E-state index contributed by atoms with van der Waals surface area (Å²) < 4.78 is 5.88. The van der Waals surface area contributed by atoms with Crippen molar-refractivity contribution in [3.8, 4) is 0 Å². The van der Waals surface area contributed by atoms with Crippen LogP contribution in [0.3, 0.4) is 0 Å². The number of ether oxygens (including phenoxy) is 1. The van der Waals surface area contributed by atoms with Crippen LogP contribution < -0.4 is 10.6 Å². The Morgan fingerprint density at radius 2 is 1.20 bits per heavy atom. The van der Waals surface area contributed by atoms with E-state index in [0.29, 0.717) is 12.8 Å². The Hall–Kier alpha value is -3.46. The van der Waals surface area contributed by atoms with E-state index in [1.165, 1.54) is 19.3 Å². The van der Waals surface area contributed by atoms with Gasteiger partial charge in [-0.25, -0.2) is 4.79 Å². The zero-order chi connectivity index (χ0) is 36.9. The Morgan fingerprint density at radius 3 is 1.84 bits per heavy atom. The molecule has 9 nitrogen and oxygen atoms in total. The molecule has 0 radical (unpaired) electrons. The van der Waals surface area contributed by atoms with Crippen molar-refractivity contribution in [3.05, 3.63) is 60.8 Å². The van der Waals surface area contributed by atoms with Gasteiger partial charge < -0.3 is 25.6 Å². The number of nitrogens with one attached hydrogen (secondary N) is 2. The van der Waals surface area contributed by atoms with Gasteiger partial charge in [-0.05, 0) is 83.1 Å². The molecule has 0 bridgehead atoms. The fraction of sp³-hybridized carbons (Fsp3) is 0.659. The third-order valence-corrected chi connectivity index (χ3v) is 7.98. The van der Waals surface area contributed by atoms with Crippen molar-refractivity contribution in [2.24, 2.45) is 0 Å². The summed E-state index contributed by atoms with van der Waals surface area (Å²) in [5, 5.41) is 22.4. The molecule has 0 aromatic rings. The molecule has 284 valence electrons. The van der Waals surface area contributed by atoms with Crippen LogP contribution in [0.2, 0.25) is 0 Å². The third-order valence-electron chi connectivity index (χ3n) is 7.98. The van der Waals surface area contributed by atoms with Gasteiger partial charge in [-0.3, -0.25) is 14.4 Å². The minimum atomic E-state index is -1.39. The van der Waals surface area contributed by atoms with E-state index in [1.54, 1.807) is 0 Å². The quantitative estimate of drug-likeness (QED) is 0.0305. The van der Waals surface area contributed by atoms with Crippen LogP contribution in [0.15, 0.2) is 60.8 Å². The second kappa shape index (κ2) is 35.4. The summed E-state index contributed by atoms with van der Waals surface area (Å²) in [6.45, 7) is 3.30. The summed E-state index contributed by atoms with van der Waals surface area (Å²) in [5.74, 6) is -2.39. The summed E-state index contributed by atoms with van der Waals surface area (Å²) >= 11 is 0. The van der Waals surface area contributed by atoms with Crippen molar-refractivity contribution >= 4 is 23.8 Å². The molecule has 0 aliphatic heterocycles. The Kier molecular flexibility index (Phi) is 32.9. The highest BCUT2D eigenvalue weighted by molar-refractivity contribution is 5.87. The van der Waals surface area contributed by atoms with E-state index in [9.17, 15) is 19.2 Å². The van der Waals surface area contributed by atoms with E-state index in [2.05, 4.69) is 79.2 Å². The highest BCUT2D eigenvalue weighted by Gasteiger charge is 2.18. The van der Waals surface area contributed by atoms with Gasteiger partial charge in [0.25, 0.3) is 0 Å². The Bertz CT molecular complexity index is 1030. The van der Waals surface area contributed by atoms with Gasteiger partial charge in [-0.15, -0.1) is 0 Å². The second-order valence-electron chi connectivity index (χ2n) is 12.6. The van der Waals surface area contributed by atoms with Crippen molar-refractivity contribution in [1.29, 1.82) is 0 Å². The summed E-state index contributed by atoms with van der Waals surface area (Å²) in [4.78, 5) is 47.2. The van der Waals surface area contributed by atoms with Gasteiger partial charge in [0.2, 0.25) is 11.8 Å². The molecule has 0 rings (SSSR count). The number of aliphatic hydroxyl groups excluding tert-OH is 1. The van der Waals surface area contributed by atoms with E-state index >= 15 is 0 Å².